The minimum Gasteiger partial charge on any atom is -0.461 e. The number of benzene rings is 1. The van der Waals surface area contributed by atoms with Crippen molar-refractivity contribution in [3.8, 4) is 0 Å². The van der Waals surface area contributed by atoms with Crippen LogP contribution in [0.25, 0.3) is 0 Å². The van der Waals surface area contributed by atoms with Crippen LogP contribution in [0.2, 0.25) is 0 Å². The number of aldehydes is 1. The summed E-state index contributed by atoms with van der Waals surface area (Å²) in [5, 5.41) is 2.58. The second kappa shape index (κ2) is 9.27. The Balaban J connectivity index is 2.39. The van der Waals surface area contributed by atoms with Gasteiger partial charge in [-0.25, -0.2) is 14.6 Å². The first kappa shape index (κ1) is 19.8. The SMILES string of the molecule is CCOC(=O)/C(N=C1CNC(=O)CN1C)=C(/C=O)OC(=O)c1ccccc1. The molecular weight excluding hydrogens is 354 g/mol. The van der Waals surface area contributed by atoms with Crippen molar-refractivity contribution >= 4 is 30.0 Å². The van der Waals surface area contributed by atoms with Crippen LogP contribution < -0.4 is 5.32 Å². The fourth-order valence-corrected chi connectivity index (χ4v) is 2.19. The highest BCUT2D eigenvalue weighted by molar-refractivity contribution is 6.02. The first-order chi connectivity index (χ1) is 13.0. The van der Waals surface area contributed by atoms with Crippen molar-refractivity contribution in [2.24, 2.45) is 4.99 Å². The minimum absolute atomic E-state index is 0.0369. The van der Waals surface area contributed by atoms with Crippen LogP contribution in [0, 0.1) is 0 Å². The minimum atomic E-state index is -0.918. The highest BCUT2D eigenvalue weighted by Crippen LogP contribution is 2.14. The molecule has 27 heavy (non-hydrogen) atoms. The highest BCUT2D eigenvalue weighted by atomic mass is 16.6. The Morgan fingerprint density at radius 2 is 2.00 bits per heavy atom. The molecule has 0 saturated carbocycles. The quantitative estimate of drug-likeness (QED) is 0.330. The van der Waals surface area contributed by atoms with Gasteiger partial charge in [0.25, 0.3) is 0 Å². The van der Waals surface area contributed by atoms with Gasteiger partial charge in [0.05, 0.1) is 25.3 Å². The molecule has 1 aliphatic rings. The van der Waals surface area contributed by atoms with Gasteiger partial charge >= 0.3 is 11.9 Å². The van der Waals surface area contributed by atoms with Gasteiger partial charge in [-0.1, -0.05) is 18.2 Å². The Bertz CT molecular complexity index is 801. The Hall–Kier alpha value is -3.49. The molecule has 0 radical (unpaired) electrons. The molecule has 0 bridgehead atoms. The first-order valence-corrected chi connectivity index (χ1v) is 8.15. The number of esters is 2. The number of amides is 1. The largest absolute Gasteiger partial charge is 0.461 e. The number of piperazine rings is 1. The summed E-state index contributed by atoms with van der Waals surface area (Å²) in [7, 11) is 1.61. The average molecular weight is 373 g/mol. The zero-order chi connectivity index (χ0) is 19.8. The molecule has 1 fully saturated rings. The molecule has 1 N–H and O–H groups in total. The molecule has 0 aliphatic carbocycles. The Morgan fingerprint density at radius 1 is 1.30 bits per heavy atom. The van der Waals surface area contributed by atoms with E-state index in [1.165, 1.54) is 17.0 Å². The number of ether oxygens (including phenoxy) is 2. The molecule has 1 saturated heterocycles. The average Bonchev–Trinajstić information content (AvgIpc) is 2.66. The van der Waals surface area contributed by atoms with Crippen molar-refractivity contribution in [3.63, 3.8) is 0 Å². The van der Waals surface area contributed by atoms with E-state index in [-0.39, 0.29) is 37.5 Å². The second-order valence-corrected chi connectivity index (χ2v) is 5.47. The molecule has 1 aromatic rings. The van der Waals surface area contributed by atoms with Crippen LogP contribution in [0.5, 0.6) is 0 Å². The maximum absolute atomic E-state index is 12.3. The topological polar surface area (TPSA) is 114 Å². The molecule has 142 valence electrons. The third-order valence-electron chi connectivity index (χ3n) is 3.53. The van der Waals surface area contributed by atoms with E-state index in [0.29, 0.717) is 5.84 Å². The lowest BCUT2D eigenvalue weighted by Gasteiger charge is -2.26. The van der Waals surface area contributed by atoms with E-state index < -0.39 is 23.4 Å². The van der Waals surface area contributed by atoms with Gasteiger partial charge in [-0.05, 0) is 19.1 Å². The number of aliphatic imine (C=N–C) groups is 1. The summed E-state index contributed by atoms with van der Waals surface area (Å²) in [6.45, 7) is 1.72. The number of hydrogen-bond acceptors (Lipinski definition) is 7. The van der Waals surface area contributed by atoms with Gasteiger partial charge in [-0.15, -0.1) is 0 Å². The van der Waals surface area contributed by atoms with Crippen LogP contribution in [0.4, 0.5) is 0 Å². The number of nitrogens with one attached hydrogen (secondary N) is 1. The fraction of sp³-hybridized carbons (Fsp3) is 0.278. The van der Waals surface area contributed by atoms with Crippen molar-refractivity contribution in [2.45, 2.75) is 6.92 Å². The van der Waals surface area contributed by atoms with Gasteiger partial charge < -0.3 is 19.7 Å². The van der Waals surface area contributed by atoms with Gasteiger partial charge in [0.1, 0.15) is 5.84 Å². The number of likely N-dealkylation sites (N-methyl/N-ethyl adjacent to an activating group) is 1. The molecule has 0 unspecified atom stereocenters. The zero-order valence-electron chi connectivity index (χ0n) is 14.9. The van der Waals surface area contributed by atoms with E-state index in [0.717, 1.165) is 0 Å². The monoisotopic (exact) mass is 373 g/mol. The molecule has 0 spiro atoms. The normalized spacial score (nSPS) is 16.3. The van der Waals surface area contributed by atoms with Gasteiger partial charge in [0, 0.05) is 7.05 Å². The van der Waals surface area contributed by atoms with E-state index in [4.69, 9.17) is 9.47 Å². The van der Waals surface area contributed by atoms with Crippen molar-refractivity contribution < 1.29 is 28.7 Å². The van der Waals surface area contributed by atoms with E-state index in [1.54, 1.807) is 32.2 Å². The predicted octanol–water partition coefficient (Wildman–Crippen LogP) is 0.277. The van der Waals surface area contributed by atoms with Gasteiger partial charge in [0.15, 0.2) is 12.0 Å². The second-order valence-electron chi connectivity index (χ2n) is 5.47. The third kappa shape index (κ3) is 5.24. The lowest BCUT2D eigenvalue weighted by atomic mass is 10.2. The summed E-state index contributed by atoms with van der Waals surface area (Å²) in [5.41, 5.74) is -0.246. The number of allylic oxidation sites excluding steroid dienone is 1. The molecule has 9 nitrogen and oxygen atoms in total. The van der Waals surface area contributed by atoms with Crippen LogP contribution in [0.3, 0.4) is 0 Å². The Morgan fingerprint density at radius 3 is 2.59 bits per heavy atom. The summed E-state index contributed by atoms with van der Waals surface area (Å²) in [5.74, 6) is -2.19. The molecule has 2 rings (SSSR count). The highest BCUT2D eigenvalue weighted by Gasteiger charge is 2.25. The van der Waals surface area contributed by atoms with Crippen molar-refractivity contribution in [1.29, 1.82) is 0 Å². The molecule has 9 heteroatoms. The molecule has 0 aromatic heterocycles. The number of nitrogens with zero attached hydrogens (tertiary/aromatic N) is 2. The van der Waals surface area contributed by atoms with E-state index in [9.17, 15) is 19.2 Å². The smallest absolute Gasteiger partial charge is 0.361 e. The summed E-state index contributed by atoms with van der Waals surface area (Å²) in [6.07, 6.45) is 0.221. The summed E-state index contributed by atoms with van der Waals surface area (Å²) >= 11 is 0. The number of carbonyl (C=O) groups is 4. The molecular formula is C18H19N3O6. The summed E-state index contributed by atoms with van der Waals surface area (Å²) in [4.78, 5) is 53.0. The molecule has 1 amide bonds. The van der Waals surface area contributed by atoms with Gasteiger partial charge in [-0.3, -0.25) is 9.59 Å². The van der Waals surface area contributed by atoms with Crippen molar-refractivity contribution in [1.82, 2.24) is 10.2 Å². The van der Waals surface area contributed by atoms with E-state index in [1.807, 2.05) is 0 Å². The van der Waals surface area contributed by atoms with Crippen LogP contribution >= 0.6 is 0 Å². The Labute approximate surface area is 155 Å². The number of hydrogen-bond donors (Lipinski definition) is 1. The molecule has 0 atom stereocenters. The third-order valence-corrected chi connectivity index (χ3v) is 3.53. The van der Waals surface area contributed by atoms with Crippen LogP contribution in [0.1, 0.15) is 17.3 Å². The standard InChI is InChI=1S/C18H19N3O6/c1-3-26-18(25)16(20-14-9-19-15(23)10-21(14)2)13(11-22)27-17(24)12-7-5-4-6-8-12/h4-8,11H,3,9-10H2,1-2H3,(H,19,23)/b16-13+,20-14?. The maximum atomic E-state index is 12.3. The maximum Gasteiger partial charge on any atom is 0.361 e. The Kier molecular flexibility index (Phi) is 6.81. The van der Waals surface area contributed by atoms with Gasteiger partial charge in [0.2, 0.25) is 11.7 Å². The summed E-state index contributed by atoms with van der Waals surface area (Å²) < 4.78 is 9.98. The lowest BCUT2D eigenvalue weighted by Crippen LogP contribution is -2.49. The zero-order valence-corrected chi connectivity index (χ0v) is 14.9. The van der Waals surface area contributed by atoms with Crippen LogP contribution in [-0.4, -0.2) is 61.6 Å². The van der Waals surface area contributed by atoms with Gasteiger partial charge in [-0.2, -0.15) is 0 Å². The molecule has 1 heterocycles. The van der Waals surface area contributed by atoms with Crippen LogP contribution in [-0.2, 0) is 23.9 Å². The van der Waals surface area contributed by atoms with Crippen molar-refractivity contribution in [2.75, 3.05) is 26.7 Å². The lowest BCUT2D eigenvalue weighted by molar-refractivity contribution is -0.139. The number of carbonyl (C=O) groups excluding carboxylic acids is 4. The van der Waals surface area contributed by atoms with E-state index >= 15 is 0 Å². The fourth-order valence-electron chi connectivity index (χ4n) is 2.19. The van der Waals surface area contributed by atoms with E-state index in [2.05, 4.69) is 10.3 Å². The molecule has 1 aromatic carbocycles. The molecule has 1 aliphatic heterocycles. The summed E-state index contributed by atoms with van der Waals surface area (Å²) in [6, 6.07) is 7.99. The predicted molar refractivity (Wildman–Crippen MR) is 94.7 cm³/mol. The first-order valence-electron chi connectivity index (χ1n) is 8.15. The number of rotatable bonds is 6. The van der Waals surface area contributed by atoms with Crippen LogP contribution in [0.15, 0.2) is 46.8 Å². The number of amidine groups is 1. The van der Waals surface area contributed by atoms with Crippen molar-refractivity contribution in [3.05, 3.63) is 47.4 Å².